The molecule has 2 rings (SSSR count). The van der Waals surface area contributed by atoms with Crippen molar-refractivity contribution in [3.8, 4) is 5.75 Å². The molecule has 120 valence electrons. The number of carbonyl (C=O) groups is 1. The maximum Gasteiger partial charge on any atom is 0.257 e. The van der Waals surface area contributed by atoms with Crippen molar-refractivity contribution >= 4 is 56.5 Å². The molecule has 23 heavy (non-hydrogen) atoms. The van der Waals surface area contributed by atoms with Crippen molar-refractivity contribution in [2.45, 2.75) is 6.92 Å². The Kier molecular flexibility index (Phi) is 6.38. The molecule has 0 aliphatic heterocycles. The summed E-state index contributed by atoms with van der Waals surface area (Å²) in [5, 5.41) is 6.17. The van der Waals surface area contributed by atoms with Crippen LogP contribution in [0.4, 0.5) is 5.69 Å². The predicted molar refractivity (Wildman–Crippen MR) is 100 cm³/mol. The van der Waals surface area contributed by atoms with Crippen LogP contribution in [0.15, 0.2) is 46.9 Å². The Bertz CT molecular complexity index is 740. The monoisotopic (exact) mass is 412 g/mol. The molecular formula is C16H14BrClN2O2S. The second-order valence-electron chi connectivity index (χ2n) is 4.49. The maximum atomic E-state index is 12.2. The third-order valence-corrected chi connectivity index (χ3v) is 3.82. The van der Waals surface area contributed by atoms with Gasteiger partial charge in [-0.1, -0.05) is 33.6 Å². The molecule has 0 aromatic heterocycles. The maximum absolute atomic E-state index is 12.2. The molecule has 0 saturated carbocycles. The fourth-order valence-electron chi connectivity index (χ4n) is 1.81. The summed E-state index contributed by atoms with van der Waals surface area (Å²) in [6.07, 6.45) is 0. The summed E-state index contributed by atoms with van der Waals surface area (Å²) in [7, 11) is 0. The van der Waals surface area contributed by atoms with E-state index < -0.39 is 0 Å². The highest BCUT2D eigenvalue weighted by Crippen LogP contribution is 2.25. The first-order valence-corrected chi connectivity index (χ1v) is 8.37. The fourth-order valence-corrected chi connectivity index (χ4v) is 2.74. The third-order valence-electron chi connectivity index (χ3n) is 2.81. The van der Waals surface area contributed by atoms with E-state index in [0.717, 1.165) is 4.47 Å². The van der Waals surface area contributed by atoms with E-state index in [1.165, 1.54) is 0 Å². The molecule has 7 heteroatoms. The van der Waals surface area contributed by atoms with E-state index in [2.05, 4.69) is 26.6 Å². The van der Waals surface area contributed by atoms with Crippen LogP contribution in [0, 0.1) is 0 Å². The third kappa shape index (κ3) is 5.20. The molecule has 2 N–H and O–H groups in total. The molecule has 0 spiro atoms. The van der Waals surface area contributed by atoms with Crippen LogP contribution in [0.25, 0.3) is 0 Å². The highest BCUT2D eigenvalue weighted by Gasteiger charge is 2.10. The number of hydrogen-bond donors (Lipinski definition) is 2. The van der Waals surface area contributed by atoms with Crippen LogP contribution in [-0.2, 0) is 0 Å². The normalized spacial score (nSPS) is 10.0. The molecule has 0 unspecified atom stereocenters. The van der Waals surface area contributed by atoms with Gasteiger partial charge in [-0.25, -0.2) is 0 Å². The molecule has 0 fully saturated rings. The predicted octanol–water partition coefficient (Wildman–Crippen LogP) is 4.63. The summed E-state index contributed by atoms with van der Waals surface area (Å²) >= 11 is 14.6. The fraction of sp³-hybridized carbons (Fsp3) is 0.125. The number of ether oxygens (including phenoxy) is 1. The van der Waals surface area contributed by atoms with E-state index in [9.17, 15) is 4.79 Å². The number of thiocarbonyl (C=S) groups is 1. The zero-order valence-corrected chi connectivity index (χ0v) is 15.4. The number of nitrogens with one attached hydrogen (secondary N) is 2. The van der Waals surface area contributed by atoms with Crippen LogP contribution in [0.1, 0.15) is 17.3 Å². The van der Waals surface area contributed by atoms with Crippen LogP contribution in [0.2, 0.25) is 5.02 Å². The van der Waals surface area contributed by atoms with Gasteiger partial charge in [0.15, 0.2) is 5.11 Å². The average Bonchev–Trinajstić information content (AvgIpc) is 2.51. The Hall–Kier alpha value is -1.63. The van der Waals surface area contributed by atoms with Crippen molar-refractivity contribution in [1.29, 1.82) is 0 Å². The number of benzene rings is 2. The van der Waals surface area contributed by atoms with E-state index in [4.69, 9.17) is 28.6 Å². The highest BCUT2D eigenvalue weighted by atomic mass is 79.9. The van der Waals surface area contributed by atoms with Gasteiger partial charge in [0.2, 0.25) is 0 Å². The van der Waals surface area contributed by atoms with Gasteiger partial charge in [0, 0.05) is 10.0 Å². The van der Waals surface area contributed by atoms with Gasteiger partial charge in [-0.05, 0) is 55.5 Å². The Labute approximate surface area is 153 Å². The lowest BCUT2D eigenvalue weighted by molar-refractivity contribution is 0.0977. The molecule has 2 aromatic rings. The Morgan fingerprint density at radius 3 is 2.78 bits per heavy atom. The summed E-state index contributed by atoms with van der Waals surface area (Å²) < 4.78 is 6.23. The van der Waals surface area contributed by atoms with Crippen molar-refractivity contribution in [2.75, 3.05) is 11.9 Å². The quantitative estimate of drug-likeness (QED) is 0.718. The first kappa shape index (κ1) is 17.7. The summed E-state index contributed by atoms with van der Waals surface area (Å²) in [6, 6.07) is 12.2. The topological polar surface area (TPSA) is 50.4 Å². The van der Waals surface area contributed by atoms with E-state index in [0.29, 0.717) is 28.6 Å². The second-order valence-corrected chi connectivity index (χ2v) is 6.22. The second kappa shape index (κ2) is 8.29. The molecule has 0 radical (unpaired) electrons. The lowest BCUT2D eigenvalue weighted by Crippen LogP contribution is -2.34. The number of hydrogen-bond acceptors (Lipinski definition) is 3. The number of halogens is 2. The van der Waals surface area contributed by atoms with Gasteiger partial charge >= 0.3 is 0 Å². The number of anilines is 1. The SMILES string of the molecule is CCOc1cccc(C(=O)NC(=S)Nc2ccc(Br)cc2Cl)c1. The minimum absolute atomic E-state index is 0.168. The van der Waals surface area contributed by atoms with E-state index in [1.807, 2.05) is 13.0 Å². The molecule has 0 heterocycles. The molecule has 0 aliphatic carbocycles. The van der Waals surface area contributed by atoms with Gasteiger partial charge in [-0.15, -0.1) is 0 Å². The van der Waals surface area contributed by atoms with Crippen molar-refractivity contribution in [2.24, 2.45) is 0 Å². The van der Waals surface area contributed by atoms with Crippen LogP contribution in [-0.4, -0.2) is 17.6 Å². The van der Waals surface area contributed by atoms with Gasteiger partial charge in [-0.3, -0.25) is 10.1 Å². The van der Waals surface area contributed by atoms with E-state index >= 15 is 0 Å². The van der Waals surface area contributed by atoms with Crippen LogP contribution >= 0.6 is 39.7 Å². The van der Waals surface area contributed by atoms with Crippen molar-refractivity contribution in [3.63, 3.8) is 0 Å². The molecular weight excluding hydrogens is 400 g/mol. The zero-order chi connectivity index (χ0) is 16.8. The zero-order valence-electron chi connectivity index (χ0n) is 12.2. The van der Waals surface area contributed by atoms with E-state index in [-0.39, 0.29) is 11.0 Å². The van der Waals surface area contributed by atoms with Gasteiger partial charge in [0.1, 0.15) is 5.75 Å². The van der Waals surface area contributed by atoms with Gasteiger partial charge in [0.25, 0.3) is 5.91 Å². The summed E-state index contributed by atoms with van der Waals surface area (Å²) in [5.74, 6) is 0.312. The van der Waals surface area contributed by atoms with Gasteiger partial charge < -0.3 is 10.1 Å². The molecule has 4 nitrogen and oxygen atoms in total. The molecule has 0 saturated heterocycles. The lowest BCUT2D eigenvalue weighted by Gasteiger charge is -2.11. The molecule has 1 amide bonds. The van der Waals surface area contributed by atoms with Gasteiger partial charge in [0.05, 0.1) is 17.3 Å². The minimum Gasteiger partial charge on any atom is -0.494 e. The average molecular weight is 414 g/mol. The smallest absolute Gasteiger partial charge is 0.257 e. The molecule has 2 aromatic carbocycles. The largest absolute Gasteiger partial charge is 0.494 e. The first-order chi connectivity index (χ1) is 11.0. The van der Waals surface area contributed by atoms with Gasteiger partial charge in [-0.2, -0.15) is 0 Å². The minimum atomic E-state index is -0.322. The molecule has 0 atom stereocenters. The summed E-state index contributed by atoms with van der Waals surface area (Å²) in [4.78, 5) is 12.2. The van der Waals surface area contributed by atoms with Crippen molar-refractivity contribution in [1.82, 2.24) is 5.32 Å². The Morgan fingerprint density at radius 2 is 2.09 bits per heavy atom. The van der Waals surface area contributed by atoms with Crippen molar-refractivity contribution < 1.29 is 9.53 Å². The Morgan fingerprint density at radius 1 is 1.30 bits per heavy atom. The lowest BCUT2D eigenvalue weighted by atomic mass is 10.2. The number of amides is 1. The Balaban J connectivity index is 2.02. The van der Waals surface area contributed by atoms with E-state index in [1.54, 1.807) is 36.4 Å². The first-order valence-electron chi connectivity index (χ1n) is 6.80. The van der Waals surface area contributed by atoms with Crippen LogP contribution in [0.3, 0.4) is 0 Å². The van der Waals surface area contributed by atoms with Crippen LogP contribution in [0.5, 0.6) is 5.75 Å². The standard InChI is InChI=1S/C16H14BrClN2O2S/c1-2-22-12-5-3-4-10(8-12)15(21)20-16(23)19-14-7-6-11(17)9-13(14)18/h3-9H,2H2,1H3,(H2,19,20,21,23). The highest BCUT2D eigenvalue weighted by molar-refractivity contribution is 9.10. The summed E-state index contributed by atoms with van der Waals surface area (Å²) in [5.41, 5.74) is 1.07. The number of carbonyl (C=O) groups excluding carboxylic acids is 1. The van der Waals surface area contributed by atoms with Crippen LogP contribution < -0.4 is 15.4 Å². The molecule has 0 bridgehead atoms. The van der Waals surface area contributed by atoms with Crippen molar-refractivity contribution in [3.05, 3.63) is 57.5 Å². The molecule has 0 aliphatic rings. The number of rotatable bonds is 4. The summed E-state index contributed by atoms with van der Waals surface area (Å²) in [6.45, 7) is 2.42.